The molecule has 0 amide bonds. The van der Waals surface area contributed by atoms with E-state index in [1.165, 1.54) is 12.1 Å². The Morgan fingerprint density at radius 1 is 0.738 bits per heavy atom. The van der Waals surface area contributed by atoms with Crippen LogP contribution in [0.25, 0.3) is 0 Å². The molecule has 0 aliphatic carbocycles. The van der Waals surface area contributed by atoms with Crippen molar-refractivity contribution in [2.45, 2.75) is 85.5 Å². The molecular weight excluding hydrogens is 572 g/mol. The van der Waals surface area contributed by atoms with Crippen LogP contribution < -0.4 is 0 Å². The van der Waals surface area contributed by atoms with Gasteiger partial charge in [0.2, 0.25) is 5.79 Å². The van der Waals surface area contributed by atoms with Crippen LogP contribution in [0.1, 0.15) is 10.4 Å². The summed E-state index contributed by atoms with van der Waals surface area (Å²) in [6, 6.07) is 7.87. The van der Waals surface area contributed by atoms with Gasteiger partial charge in [-0.25, -0.2) is 4.79 Å². The third-order valence-corrected chi connectivity index (χ3v) is 7.39. The number of carbonyl (C=O) groups excluding carboxylic acids is 1. The number of aliphatic hydroxyl groups is 10. The minimum absolute atomic E-state index is 0.202. The Bertz CT molecular complexity index is 1010. The van der Waals surface area contributed by atoms with Crippen molar-refractivity contribution in [3.05, 3.63) is 35.9 Å². The van der Waals surface area contributed by atoms with Crippen LogP contribution in [-0.2, 0) is 28.4 Å². The monoisotopic (exact) mass is 608 g/mol. The molecule has 17 nitrogen and oxygen atoms in total. The zero-order valence-corrected chi connectivity index (χ0v) is 22.1. The Kier molecular flexibility index (Phi) is 10.8. The topological polar surface area (TPSA) is 275 Å². The lowest BCUT2D eigenvalue weighted by Crippen LogP contribution is -2.66. The van der Waals surface area contributed by atoms with Gasteiger partial charge in [0.25, 0.3) is 0 Å². The molecule has 0 saturated carbocycles. The first-order chi connectivity index (χ1) is 20.0. The Morgan fingerprint density at radius 3 is 1.98 bits per heavy atom. The molecule has 3 heterocycles. The molecule has 1 aromatic carbocycles. The first kappa shape index (κ1) is 33.0. The van der Waals surface area contributed by atoms with Crippen molar-refractivity contribution >= 4 is 5.97 Å². The number of ether oxygens (including phenoxy) is 6. The van der Waals surface area contributed by atoms with Crippen molar-refractivity contribution in [2.24, 2.45) is 0 Å². The third kappa shape index (κ3) is 6.46. The average Bonchev–Trinajstić information content (AvgIpc) is 3.24. The number of benzene rings is 1. The van der Waals surface area contributed by atoms with Crippen LogP contribution in [0.2, 0.25) is 0 Å². The Morgan fingerprint density at radius 2 is 1.36 bits per heavy atom. The molecule has 17 heteroatoms. The Labute approximate surface area is 238 Å². The van der Waals surface area contributed by atoms with Crippen LogP contribution in [0.4, 0.5) is 0 Å². The second-order valence-corrected chi connectivity index (χ2v) is 10.1. The van der Waals surface area contributed by atoms with Crippen molar-refractivity contribution in [1.82, 2.24) is 0 Å². The molecular formula is C25H36O17. The van der Waals surface area contributed by atoms with E-state index in [1.807, 2.05) is 0 Å². The second kappa shape index (κ2) is 13.8. The van der Waals surface area contributed by atoms with E-state index in [4.69, 9.17) is 28.4 Å². The van der Waals surface area contributed by atoms with Crippen molar-refractivity contribution in [3.63, 3.8) is 0 Å². The van der Waals surface area contributed by atoms with Gasteiger partial charge in [-0.3, -0.25) is 0 Å². The maximum Gasteiger partial charge on any atom is 0.338 e. The fraction of sp³-hybridized carbons (Fsp3) is 0.720. The van der Waals surface area contributed by atoms with Gasteiger partial charge in [-0.2, -0.15) is 0 Å². The van der Waals surface area contributed by atoms with E-state index < -0.39 is 118 Å². The van der Waals surface area contributed by atoms with Crippen LogP contribution in [0.15, 0.2) is 30.3 Å². The number of aliphatic hydroxyl groups excluding tert-OH is 10. The summed E-state index contributed by atoms with van der Waals surface area (Å²) in [7, 11) is 0. The summed E-state index contributed by atoms with van der Waals surface area (Å²) in [5, 5.41) is 103. The van der Waals surface area contributed by atoms with E-state index in [0.717, 1.165) is 0 Å². The molecule has 3 aliphatic heterocycles. The third-order valence-electron chi connectivity index (χ3n) is 7.39. The van der Waals surface area contributed by atoms with Crippen molar-refractivity contribution in [3.8, 4) is 0 Å². The Balaban J connectivity index is 1.48. The molecule has 0 bridgehead atoms. The van der Waals surface area contributed by atoms with Crippen LogP contribution >= 0.6 is 0 Å². The first-order valence-electron chi connectivity index (χ1n) is 13.1. The van der Waals surface area contributed by atoms with E-state index in [1.54, 1.807) is 18.2 Å². The molecule has 0 radical (unpaired) electrons. The number of hydrogen-bond donors (Lipinski definition) is 10. The molecule has 3 saturated heterocycles. The predicted molar refractivity (Wildman–Crippen MR) is 131 cm³/mol. The second-order valence-electron chi connectivity index (χ2n) is 10.1. The van der Waals surface area contributed by atoms with Gasteiger partial charge < -0.3 is 79.5 Å². The van der Waals surface area contributed by atoms with Crippen LogP contribution in [0.5, 0.6) is 0 Å². The highest BCUT2D eigenvalue weighted by atomic mass is 16.8. The highest BCUT2D eigenvalue weighted by Crippen LogP contribution is 2.37. The molecule has 3 aliphatic rings. The lowest BCUT2D eigenvalue weighted by atomic mass is 9.96. The van der Waals surface area contributed by atoms with Crippen molar-refractivity contribution < 1.29 is 84.3 Å². The highest BCUT2D eigenvalue weighted by Gasteiger charge is 2.59. The summed E-state index contributed by atoms with van der Waals surface area (Å²) in [6.45, 7) is -3.34. The number of esters is 1. The zero-order valence-electron chi connectivity index (χ0n) is 22.1. The van der Waals surface area contributed by atoms with Gasteiger partial charge in [-0.15, -0.1) is 0 Å². The number of rotatable bonds is 10. The van der Waals surface area contributed by atoms with E-state index >= 15 is 0 Å². The fourth-order valence-corrected chi connectivity index (χ4v) is 4.92. The van der Waals surface area contributed by atoms with Gasteiger partial charge in [0.1, 0.15) is 80.4 Å². The van der Waals surface area contributed by atoms with E-state index in [0.29, 0.717) is 0 Å². The molecule has 0 unspecified atom stereocenters. The SMILES string of the molecule is O=C(OC[C@H]1O[C@@](CO)(O[C@H]2O[C@H](CO)[C@@H](O)[C@H](O[C@@H]3O[C@H](CO)[C@@H](O)[C@H](O)[C@H]3O)[C@H]2O)[C@@H](O)[C@@H]1O)c1ccccc1. The van der Waals surface area contributed by atoms with Gasteiger partial charge in [0.05, 0.1) is 18.8 Å². The lowest BCUT2D eigenvalue weighted by Gasteiger charge is -2.47. The maximum absolute atomic E-state index is 12.3. The van der Waals surface area contributed by atoms with Crippen LogP contribution in [0, 0.1) is 0 Å². The molecule has 42 heavy (non-hydrogen) atoms. The number of carbonyl (C=O) groups is 1. The summed E-state index contributed by atoms with van der Waals surface area (Å²) in [4.78, 5) is 12.3. The lowest BCUT2D eigenvalue weighted by molar-refractivity contribution is -0.399. The molecule has 4 rings (SSSR count). The normalized spacial score (nSPS) is 44.2. The quantitative estimate of drug-likeness (QED) is 0.111. The molecule has 3 fully saturated rings. The van der Waals surface area contributed by atoms with Gasteiger partial charge in [-0.05, 0) is 12.1 Å². The fourth-order valence-electron chi connectivity index (χ4n) is 4.92. The Hall–Kier alpha value is -1.91. The molecule has 0 spiro atoms. The van der Waals surface area contributed by atoms with Crippen molar-refractivity contribution in [2.75, 3.05) is 26.4 Å². The van der Waals surface area contributed by atoms with E-state index in [2.05, 4.69) is 0 Å². The standard InChI is InChI=1S/C25H36O17/c26-6-11-14(29)17(32)18(33)23(38-11)40-20-15(30)12(7-27)39-24(19(20)34)42-25(9-28)21(35)16(31)13(41-25)8-37-22(36)10-4-2-1-3-5-10/h1-5,11-21,23-24,26-35H,6-9H2/t11-,12-,13-,14-,15-,16-,17+,18-,19-,20+,21+,23+,24-,25+/m1/s1. The summed E-state index contributed by atoms with van der Waals surface area (Å²) < 4.78 is 32.4. The average molecular weight is 609 g/mol. The summed E-state index contributed by atoms with van der Waals surface area (Å²) in [5.41, 5.74) is 0.202. The highest BCUT2D eigenvalue weighted by molar-refractivity contribution is 5.89. The predicted octanol–water partition coefficient (Wildman–Crippen LogP) is -5.71. The van der Waals surface area contributed by atoms with Gasteiger partial charge in [0, 0.05) is 0 Å². The molecule has 10 N–H and O–H groups in total. The smallest absolute Gasteiger partial charge is 0.338 e. The van der Waals surface area contributed by atoms with Gasteiger partial charge in [0.15, 0.2) is 12.6 Å². The van der Waals surface area contributed by atoms with Crippen LogP contribution in [0.3, 0.4) is 0 Å². The summed E-state index contributed by atoms with van der Waals surface area (Å²) in [6.07, 6.45) is -22.9. The molecule has 238 valence electrons. The van der Waals surface area contributed by atoms with E-state index in [-0.39, 0.29) is 5.56 Å². The molecule has 14 atom stereocenters. The first-order valence-corrected chi connectivity index (χ1v) is 13.1. The summed E-state index contributed by atoms with van der Waals surface area (Å²) in [5.74, 6) is -3.23. The summed E-state index contributed by atoms with van der Waals surface area (Å²) >= 11 is 0. The number of hydrogen-bond acceptors (Lipinski definition) is 17. The molecule has 0 aromatic heterocycles. The molecule has 1 aromatic rings. The van der Waals surface area contributed by atoms with Crippen LogP contribution in [-0.4, -0.2) is 169 Å². The van der Waals surface area contributed by atoms with E-state index in [9.17, 15) is 55.9 Å². The van der Waals surface area contributed by atoms with Gasteiger partial charge >= 0.3 is 5.97 Å². The maximum atomic E-state index is 12.3. The van der Waals surface area contributed by atoms with Crippen molar-refractivity contribution in [1.29, 1.82) is 0 Å². The zero-order chi connectivity index (χ0) is 30.8. The largest absolute Gasteiger partial charge is 0.459 e. The van der Waals surface area contributed by atoms with Gasteiger partial charge in [-0.1, -0.05) is 18.2 Å². The minimum Gasteiger partial charge on any atom is -0.459 e. The minimum atomic E-state index is -2.47.